The molecule has 7 heteroatoms. The zero-order valence-electron chi connectivity index (χ0n) is 15.2. The van der Waals surface area contributed by atoms with Crippen molar-refractivity contribution in [2.75, 3.05) is 13.2 Å². The van der Waals surface area contributed by atoms with Crippen molar-refractivity contribution in [3.05, 3.63) is 33.1 Å². The Morgan fingerprint density at radius 2 is 2.04 bits per heavy atom. The number of aromatic nitrogens is 2. The number of amides is 1. The van der Waals surface area contributed by atoms with Gasteiger partial charge in [0.25, 0.3) is 5.91 Å². The minimum absolute atomic E-state index is 0.0809. The van der Waals surface area contributed by atoms with E-state index in [1.165, 1.54) is 0 Å². The van der Waals surface area contributed by atoms with Crippen LogP contribution < -0.4 is 5.32 Å². The summed E-state index contributed by atoms with van der Waals surface area (Å²) in [5.41, 5.74) is 0.725. The number of carbonyl (C=O) groups excluding carboxylic acids is 1. The van der Waals surface area contributed by atoms with Gasteiger partial charge in [0.15, 0.2) is 5.82 Å². The zero-order chi connectivity index (χ0) is 18.0. The molecule has 3 heterocycles. The van der Waals surface area contributed by atoms with Gasteiger partial charge in [0.1, 0.15) is 6.04 Å². The third kappa shape index (κ3) is 4.10. The van der Waals surface area contributed by atoms with Crippen molar-refractivity contribution in [1.29, 1.82) is 0 Å². The van der Waals surface area contributed by atoms with E-state index in [-0.39, 0.29) is 23.8 Å². The molecule has 0 saturated carbocycles. The molecular formula is C18H25N3O3S. The first-order chi connectivity index (χ1) is 12.0. The summed E-state index contributed by atoms with van der Waals surface area (Å²) >= 11 is 1.63. The fourth-order valence-corrected chi connectivity index (χ4v) is 4.04. The third-order valence-corrected chi connectivity index (χ3v) is 5.52. The first-order valence-electron chi connectivity index (χ1n) is 8.75. The van der Waals surface area contributed by atoms with Crippen molar-refractivity contribution in [1.82, 2.24) is 15.5 Å². The molecular weight excluding hydrogens is 338 g/mol. The highest BCUT2D eigenvalue weighted by atomic mass is 32.1. The lowest BCUT2D eigenvalue weighted by atomic mass is 9.91. The molecule has 0 spiro atoms. The topological polar surface area (TPSA) is 77.3 Å². The number of nitrogens with one attached hydrogen (secondary N) is 1. The van der Waals surface area contributed by atoms with Gasteiger partial charge in [-0.25, -0.2) is 0 Å². The van der Waals surface area contributed by atoms with E-state index in [9.17, 15) is 4.79 Å². The van der Waals surface area contributed by atoms with Gasteiger partial charge in [-0.2, -0.15) is 4.98 Å². The van der Waals surface area contributed by atoms with Crippen LogP contribution in [0.5, 0.6) is 0 Å². The SMILES string of the molecule is Cc1cc(C(=O)NC(c2nc(C(C)C)no2)C2CCOCC2)c(C)s1. The van der Waals surface area contributed by atoms with Gasteiger partial charge in [0.2, 0.25) is 5.89 Å². The molecule has 1 aliphatic rings. The van der Waals surface area contributed by atoms with Crippen molar-refractivity contribution in [2.45, 2.75) is 52.5 Å². The van der Waals surface area contributed by atoms with Crippen molar-refractivity contribution < 1.29 is 14.1 Å². The summed E-state index contributed by atoms with van der Waals surface area (Å²) in [5.74, 6) is 1.50. The van der Waals surface area contributed by atoms with E-state index >= 15 is 0 Å². The van der Waals surface area contributed by atoms with Crippen LogP contribution in [-0.2, 0) is 4.74 Å². The summed E-state index contributed by atoms with van der Waals surface area (Å²) in [7, 11) is 0. The largest absolute Gasteiger partial charge is 0.381 e. The highest BCUT2D eigenvalue weighted by Crippen LogP contribution is 2.31. The molecule has 2 aromatic rings. The number of hydrogen-bond donors (Lipinski definition) is 1. The van der Waals surface area contributed by atoms with E-state index in [0.29, 0.717) is 24.9 Å². The molecule has 1 N–H and O–H groups in total. The summed E-state index contributed by atoms with van der Waals surface area (Å²) in [6.07, 6.45) is 1.73. The van der Waals surface area contributed by atoms with Crippen LogP contribution in [0.3, 0.4) is 0 Å². The molecule has 1 aliphatic heterocycles. The van der Waals surface area contributed by atoms with Gasteiger partial charge in [-0.3, -0.25) is 4.79 Å². The Morgan fingerprint density at radius 3 is 2.60 bits per heavy atom. The summed E-state index contributed by atoms with van der Waals surface area (Å²) in [5, 5.41) is 7.21. The van der Waals surface area contributed by atoms with Crippen LogP contribution in [0.1, 0.15) is 70.5 Å². The maximum absolute atomic E-state index is 12.8. The van der Waals surface area contributed by atoms with Gasteiger partial charge in [0.05, 0.1) is 5.56 Å². The van der Waals surface area contributed by atoms with Crippen LogP contribution in [0.4, 0.5) is 0 Å². The Bertz CT molecular complexity index is 732. The van der Waals surface area contributed by atoms with E-state index < -0.39 is 0 Å². The monoisotopic (exact) mass is 363 g/mol. The molecule has 3 rings (SSSR count). The zero-order valence-corrected chi connectivity index (χ0v) is 16.0. The maximum Gasteiger partial charge on any atom is 0.253 e. The molecule has 1 saturated heterocycles. The quantitative estimate of drug-likeness (QED) is 0.875. The first kappa shape index (κ1) is 18.1. The van der Waals surface area contributed by atoms with Crippen LogP contribution in [0, 0.1) is 19.8 Å². The second kappa shape index (κ2) is 7.66. The molecule has 1 atom stereocenters. The minimum Gasteiger partial charge on any atom is -0.381 e. The lowest BCUT2D eigenvalue weighted by Gasteiger charge is -2.28. The third-order valence-electron chi connectivity index (χ3n) is 4.55. The van der Waals surface area contributed by atoms with Crippen molar-refractivity contribution in [2.24, 2.45) is 5.92 Å². The first-order valence-corrected chi connectivity index (χ1v) is 9.56. The Labute approximate surface area is 152 Å². The number of carbonyl (C=O) groups is 1. The van der Waals surface area contributed by atoms with Crippen LogP contribution in [0.2, 0.25) is 0 Å². The molecule has 0 aliphatic carbocycles. The molecule has 0 bridgehead atoms. The van der Waals surface area contributed by atoms with Gasteiger partial charge in [-0.1, -0.05) is 19.0 Å². The fraction of sp³-hybridized carbons (Fsp3) is 0.611. The van der Waals surface area contributed by atoms with Crippen LogP contribution in [-0.4, -0.2) is 29.3 Å². The molecule has 1 amide bonds. The Hall–Kier alpha value is -1.73. The lowest BCUT2D eigenvalue weighted by molar-refractivity contribution is 0.0467. The highest BCUT2D eigenvalue weighted by molar-refractivity contribution is 7.12. The van der Waals surface area contributed by atoms with Gasteiger partial charge in [-0.05, 0) is 38.7 Å². The normalized spacial score (nSPS) is 17.0. The van der Waals surface area contributed by atoms with Crippen molar-refractivity contribution >= 4 is 17.2 Å². The summed E-state index contributed by atoms with van der Waals surface area (Å²) in [6, 6.07) is 1.65. The molecule has 25 heavy (non-hydrogen) atoms. The summed E-state index contributed by atoms with van der Waals surface area (Å²) in [4.78, 5) is 19.5. The molecule has 0 aromatic carbocycles. The van der Waals surface area contributed by atoms with E-state index in [2.05, 4.69) is 15.5 Å². The Morgan fingerprint density at radius 1 is 1.32 bits per heavy atom. The Balaban J connectivity index is 1.85. The van der Waals surface area contributed by atoms with E-state index in [0.717, 1.165) is 28.2 Å². The second-order valence-corrected chi connectivity index (χ2v) is 8.33. The fourth-order valence-electron chi connectivity index (χ4n) is 3.11. The summed E-state index contributed by atoms with van der Waals surface area (Å²) in [6.45, 7) is 9.41. The molecule has 0 radical (unpaired) electrons. The van der Waals surface area contributed by atoms with E-state index in [1.807, 2.05) is 33.8 Å². The standard InChI is InChI=1S/C18H25N3O3S/c1-10(2)16-20-18(24-21-16)15(13-5-7-23-8-6-13)19-17(22)14-9-11(3)25-12(14)4/h9-10,13,15H,5-8H2,1-4H3,(H,19,22). The van der Waals surface area contributed by atoms with Gasteiger partial charge < -0.3 is 14.6 Å². The van der Waals surface area contributed by atoms with Crippen molar-refractivity contribution in [3.63, 3.8) is 0 Å². The number of thiophene rings is 1. The number of nitrogens with zero attached hydrogens (tertiary/aromatic N) is 2. The predicted octanol–water partition coefficient (Wildman–Crippen LogP) is 3.77. The van der Waals surface area contributed by atoms with Gasteiger partial charge in [0, 0.05) is 28.9 Å². The Kier molecular flexibility index (Phi) is 5.54. The maximum atomic E-state index is 12.8. The van der Waals surface area contributed by atoms with Gasteiger partial charge in [-0.15, -0.1) is 11.3 Å². The number of hydrogen-bond acceptors (Lipinski definition) is 6. The second-order valence-electron chi connectivity index (χ2n) is 6.87. The number of aryl methyl sites for hydroxylation is 2. The smallest absolute Gasteiger partial charge is 0.253 e. The molecule has 1 unspecified atom stereocenters. The molecule has 2 aromatic heterocycles. The van der Waals surface area contributed by atoms with Gasteiger partial charge >= 0.3 is 0 Å². The number of rotatable bonds is 5. The van der Waals surface area contributed by atoms with Crippen LogP contribution in [0.25, 0.3) is 0 Å². The summed E-state index contributed by atoms with van der Waals surface area (Å²) < 4.78 is 11.0. The highest BCUT2D eigenvalue weighted by Gasteiger charge is 2.32. The van der Waals surface area contributed by atoms with E-state index in [1.54, 1.807) is 11.3 Å². The van der Waals surface area contributed by atoms with Crippen molar-refractivity contribution in [3.8, 4) is 0 Å². The van der Waals surface area contributed by atoms with Crippen LogP contribution in [0.15, 0.2) is 10.6 Å². The average Bonchev–Trinajstić information content (AvgIpc) is 3.20. The van der Waals surface area contributed by atoms with E-state index in [4.69, 9.17) is 9.26 Å². The molecule has 6 nitrogen and oxygen atoms in total. The lowest BCUT2D eigenvalue weighted by Crippen LogP contribution is -2.36. The predicted molar refractivity (Wildman–Crippen MR) is 95.9 cm³/mol. The molecule has 136 valence electrons. The molecule has 1 fully saturated rings. The average molecular weight is 363 g/mol. The minimum atomic E-state index is -0.281. The number of ether oxygens (including phenoxy) is 1. The van der Waals surface area contributed by atoms with Crippen LogP contribution >= 0.6 is 11.3 Å².